The van der Waals surface area contributed by atoms with E-state index in [9.17, 15) is 0 Å². The third kappa shape index (κ3) is 5.48. The van der Waals surface area contributed by atoms with Crippen molar-refractivity contribution < 1.29 is 0 Å². The number of hydrogen-bond acceptors (Lipinski definition) is 2. The number of hydrogen-bond donors (Lipinski definition) is 1. The number of aryl methyl sites for hydroxylation is 2. The highest BCUT2D eigenvalue weighted by atomic mass is 32.1. The van der Waals surface area contributed by atoms with Gasteiger partial charge in [-0.05, 0) is 66.6 Å². The first kappa shape index (κ1) is 15.3. The average Bonchev–Trinajstić information content (AvgIpc) is 3.01. The molecule has 1 unspecified atom stereocenters. The van der Waals surface area contributed by atoms with Crippen LogP contribution >= 0.6 is 11.3 Å². The van der Waals surface area contributed by atoms with Crippen LogP contribution in [0.2, 0.25) is 0 Å². The van der Waals surface area contributed by atoms with Crippen LogP contribution in [0.3, 0.4) is 0 Å². The van der Waals surface area contributed by atoms with Crippen LogP contribution < -0.4 is 5.32 Å². The van der Waals surface area contributed by atoms with Gasteiger partial charge in [0.2, 0.25) is 0 Å². The molecule has 0 fully saturated rings. The van der Waals surface area contributed by atoms with E-state index < -0.39 is 0 Å². The Morgan fingerprint density at radius 3 is 2.40 bits per heavy atom. The molecule has 108 valence electrons. The SMILES string of the molecule is CCCNC(CCc1ccccc1)CCc1ccsc1. The summed E-state index contributed by atoms with van der Waals surface area (Å²) < 4.78 is 0. The van der Waals surface area contributed by atoms with Gasteiger partial charge in [-0.2, -0.15) is 11.3 Å². The zero-order valence-electron chi connectivity index (χ0n) is 12.3. The lowest BCUT2D eigenvalue weighted by molar-refractivity contribution is 0.453. The van der Waals surface area contributed by atoms with E-state index >= 15 is 0 Å². The number of benzene rings is 1. The first-order valence-electron chi connectivity index (χ1n) is 7.67. The minimum absolute atomic E-state index is 0.634. The van der Waals surface area contributed by atoms with Crippen molar-refractivity contribution in [2.75, 3.05) is 6.54 Å². The third-order valence-electron chi connectivity index (χ3n) is 3.67. The number of nitrogens with one attached hydrogen (secondary N) is 1. The Kier molecular flexibility index (Phi) is 6.82. The van der Waals surface area contributed by atoms with Gasteiger partial charge in [-0.1, -0.05) is 37.3 Å². The standard InChI is InChI=1S/C18H25NS/c1-2-13-19-18(11-9-17-12-14-20-15-17)10-8-16-6-4-3-5-7-16/h3-7,12,14-15,18-19H,2,8-11,13H2,1H3. The second kappa shape index (κ2) is 8.93. The van der Waals surface area contributed by atoms with Gasteiger partial charge in [-0.15, -0.1) is 0 Å². The molecule has 1 heterocycles. The molecule has 0 spiro atoms. The van der Waals surface area contributed by atoms with Gasteiger partial charge in [0.15, 0.2) is 0 Å². The fourth-order valence-corrected chi connectivity index (χ4v) is 3.16. The van der Waals surface area contributed by atoms with Crippen molar-refractivity contribution in [1.29, 1.82) is 0 Å². The smallest absolute Gasteiger partial charge is 0.00733 e. The van der Waals surface area contributed by atoms with Crippen molar-refractivity contribution in [2.24, 2.45) is 0 Å². The van der Waals surface area contributed by atoms with E-state index in [1.807, 2.05) is 0 Å². The summed E-state index contributed by atoms with van der Waals surface area (Å²) in [6, 6.07) is 13.7. The summed E-state index contributed by atoms with van der Waals surface area (Å²) in [4.78, 5) is 0. The molecule has 1 N–H and O–H groups in total. The fourth-order valence-electron chi connectivity index (χ4n) is 2.46. The summed E-state index contributed by atoms with van der Waals surface area (Å²) >= 11 is 1.80. The molecule has 0 aliphatic carbocycles. The second-order valence-corrected chi connectivity index (χ2v) is 6.13. The van der Waals surface area contributed by atoms with Crippen LogP contribution in [0.4, 0.5) is 0 Å². The van der Waals surface area contributed by atoms with Crippen molar-refractivity contribution in [1.82, 2.24) is 5.32 Å². The van der Waals surface area contributed by atoms with Crippen LogP contribution in [-0.4, -0.2) is 12.6 Å². The predicted octanol–water partition coefficient (Wildman–Crippen LogP) is 4.68. The van der Waals surface area contributed by atoms with Crippen molar-refractivity contribution in [3.05, 3.63) is 58.3 Å². The molecule has 20 heavy (non-hydrogen) atoms. The minimum Gasteiger partial charge on any atom is -0.314 e. The second-order valence-electron chi connectivity index (χ2n) is 5.35. The lowest BCUT2D eigenvalue weighted by Crippen LogP contribution is -2.30. The number of thiophene rings is 1. The summed E-state index contributed by atoms with van der Waals surface area (Å²) in [6.45, 7) is 3.36. The molecule has 0 amide bonds. The maximum absolute atomic E-state index is 3.71. The molecule has 2 rings (SSSR count). The van der Waals surface area contributed by atoms with Crippen molar-refractivity contribution >= 4 is 11.3 Å². The lowest BCUT2D eigenvalue weighted by Gasteiger charge is -2.18. The average molecular weight is 287 g/mol. The molecule has 0 saturated carbocycles. The minimum atomic E-state index is 0.634. The molecule has 1 aromatic carbocycles. The molecule has 0 aliphatic rings. The summed E-state index contributed by atoms with van der Waals surface area (Å²) in [5.41, 5.74) is 2.93. The zero-order valence-corrected chi connectivity index (χ0v) is 13.2. The third-order valence-corrected chi connectivity index (χ3v) is 4.40. The first-order chi connectivity index (χ1) is 9.88. The van der Waals surface area contributed by atoms with Crippen LogP contribution in [0, 0.1) is 0 Å². The topological polar surface area (TPSA) is 12.0 Å². The monoisotopic (exact) mass is 287 g/mol. The lowest BCUT2D eigenvalue weighted by atomic mass is 10.00. The summed E-state index contributed by atoms with van der Waals surface area (Å²) in [7, 11) is 0. The van der Waals surface area contributed by atoms with Gasteiger partial charge in [0.05, 0.1) is 0 Å². The van der Waals surface area contributed by atoms with Gasteiger partial charge in [0.1, 0.15) is 0 Å². The van der Waals surface area contributed by atoms with Crippen LogP contribution in [0.5, 0.6) is 0 Å². The Balaban J connectivity index is 1.80. The Labute approximate surface area is 127 Å². The normalized spacial score (nSPS) is 12.4. The molecular weight excluding hydrogens is 262 g/mol. The molecule has 1 atom stereocenters. The molecule has 0 radical (unpaired) electrons. The van der Waals surface area contributed by atoms with Crippen molar-refractivity contribution in [2.45, 2.75) is 45.1 Å². The van der Waals surface area contributed by atoms with Gasteiger partial charge in [0.25, 0.3) is 0 Å². The highest BCUT2D eigenvalue weighted by Gasteiger charge is 2.08. The molecule has 2 aromatic rings. The van der Waals surface area contributed by atoms with E-state index in [4.69, 9.17) is 0 Å². The largest absolute Gasteiger partial charge is 0.314 e. The molecule has 1 aromatic heterocycles. The quantitative estimate of drug-likeness (QED) is 0.706. The summed E-state index contributed by atoms with van der Waals surface area (Å²) in [6.07, 6.45) is 6.05. The van der Waals surface area contributed by atoms with Gasteiger partial charge >= 0.3 is 0 Å². The van der Waals surface area contributed by atoms with Gasteiger partial charge < -0.3 is 5.32 Å². The Hall–Kier alpha value is -1.12. The van der Waals surface area contributed by atoms with E-state index in [-0.39, 0.29) is 0 Å². The Bertz CT molecular complexity index is 450. The van der Waals surface area contributed by atoms with Crippen LogP contribution in [-0.2, 0) is 12.8 Å². The van der Waals surface area contributed by atoms with Gasteiger partial charge in [0, 0.05) is 6.04 Å². The van der Waals surface area contributed by atoms with Crippen LogP contribution in [0.1, 0.15) is 37.3 Å². The Morgan fingerprint density at radius 1 is 1.00 bits per heavy atom. The van der Waals surface area contributed by atoms with E-state index in [2.05, 4.69) is 59.4 Å². The highest BCUT2D eigenvalue weighted by Crippen LogP contribution is 2.13. The zero-order chi connectivity index (χ0) is 14.0. The van der Waals surface area contributed by atoms with Crippen molar-refractivity contribution in [3.63, 3.8) is 0 Å². The predicted molar refractivity (Wildman–Crippen MR) is 89.5 cm³/mol. The summed E-state index contributed by atoms with van der Waals surface area (Å²) in [5.74, 6) is 0. The first-order valence-corrected chi connectivity index (χ1v) is 8.61. The number of rotatable bonds is 9. The fraction of sp³-hybridized carbons (Fsp3) is 0.444. The van der Waals surface area contributed by atoms with Crippen LogP contribution in [0.15, 0.2) is 47.2 Å². The maximum Gasteiger partial charge on any atom is 0.00733 e. The molecule has 2 heteroatoms. The molecule has 0 saturated heterocycles. The summed E-state index contributed by atoms with van der Waals surface area (Å²) in [5, 5.41) is 8.15. The van der Waals surface area contributed by atoms with Crippen LogP contribution in [0.25, 0.3) is 0 Å². The molecule has 0 aliphatic heterocycles. The van der Waals surface area contributed by atoms with E-state index in [0.717, 1.165) is 6.54 Å². The highest BCUT2D eigenvalue weighted by molar-refractivity contribution is 7.07. The van der Waals surface area contributed by atoms with Gasteiger partial charge in [-0.3, -0.25) is 0 Å². The van der Waals surface area contributed by atoms with Crippen molar-refractivity contribution in [3.8, 4) is 0 Å². The van der Waals surface area contributed by atoms with E-state index in [1.54, 1.807) is 11.3 Å². The molecule has 1 nitrogen and oxygen atoms in total. The maximum atomic E-state index is 3.71. The Morgan fingerprint density at radius 2 is 1.75 bits per heavy atom. The van der Waals surface area contributed by atoms with E-state index in [0.29, 0.717) is 6.04 Å². The molecule has 0 bridgehead atoms. The van der Waals surface area contributed by atoms with Gasteiger partial charge in [-0.25, -0.2) is 0 Å². The molecular formula is C18H25NS. The van der Waals surface area contributed by atoms with E-state index in [1.165, 1.54) is 43.2 Å².